The topological polar surface area (TPSA) is 50.8 Å². The molecule has 0 radical (unpaired) electrons. The molecule has 0 amide bonds. The van der Waals surface area contributed by atoms with Gasteiger partial charge in [-0.1, -0.05) is 19.8 Å². The van der Waals surface area contributed by atoms with Crippen LogP contribution in [0.15, 0.2) is 11.2 Å². The van der Waals surface area contributed by atoms with Crippen LogP contribution in [0.4, 0.5) is 0 Å². The van der Waals surface area contributed by atoms with Crippen LogP contribution in [0.25, 0.3) is 0 Å². The number of H-pyrrole nitrogens is 1. The van der Waals surface area contributed by atoms with Gasteiger partial charge in [-0.2, -0.15) is 10.3 Å². The van der Waals surface area contributed by atoms with Crippen molar-refractivity contribution >= 4 is 11.8 Å². The highest BCUT2D eigenvalue weighted by molar-refractivity contribution is 7.99. The Morgan fingerprint density at radius 3 is 3.12 bits per heavy atom. The average molecular weight is 241 g/mol. The summed E-state index contributed by atoms with van der Waals surface area (Å²) in [5, 5.41) is 11.3. The van der Waals surface area contributed by atoms with E-state index in [1.165, 1.54) is 25.7 Å². The van der Waals surface area contributed by atoms with Gasteiger partial charge in [-0.25, -0.2) is 0 Å². The van der Waals surface area contributed by atoms with E-state index < -0.39 is 0 Å². The number of hydrogen-bond donors (Lipinski definition) is 1. The Morgan fingerprint density at radius 2 is 2.38 bits per heavy atom. The van der Waals surface area contributed by atoms with Gasteiger partial charge in [-0.05, 0) is 18.8 Å². The average Bonchev–Trinajstić information content (AvgIpc) is 2.79. The maximum absolute atomic E-state index is 5.91. The summed E-state index contributed by atoms with van der Waals surface area (Å²) in [4.78, 5) is 0. The third kappa shape index (κ3) is 3.49. The maximum atomic E-state index is 5.91. The van der Waals surface area contributed by atoms with Gasteiger partial charge in [0.2, 0.25) is 0 Å². The van der Waals surface area contributed by atoms with Crippen LogP contribution in [0, 0.1) is 5.92 Å². The highest BCUT2D eigenvalue weighted by Crippen LogP contribution is 2.26. The van der Waals surface area contributed by atoms with E-state index in [0.717, 1.165) is 23.3 Å². The van der Waals surface area contributed by atoms with Gasteiger partial charge in [0, 0.05) is 5.75 Å². The van der Waals surface area contributed by atoms with Gasteiger partial charge >= 0.3 is 0 Å². The van der Waals surface area contributed by atoms with Crippen molar-refractivity contribution in [2.45, 2.75) is 43.7 Å². The number of hydrogen-bond acceptors (Lipinski definition) is 4. The van der Waals surface area contributed by atoms with Crippen molar-refractivity contribution in [3.05, 3.63) is 6.20 Å². The Labute approximate surface area is 101 Å². The largest absolute Gasteiger partial charge is 0.377 e. The first-order valence-electron chi connectivity index (χ1n) is 5.96. The molecule has 2 rings (SSSR count). The fourth-order valence-corrected chi connectivity index (χ4v) is 2.76. The van der Waals surface area contributed by atoms with Crippen molar-refractivity contribution in [1.82, 2.24) is 15.4 Å². The summed E-state index contributed by atoms with van der Waals surface area (Å²) in [6.45, 7) is 3.11. The molecular formula is C11H19N3OS. The first kappa shape index (κ1) is 11.9. The normalized spacial score (nSPS) is 25.8. The molecular weight excluding hydrogens is 222 g/mol. The van der Waals surface area contributed by atoms with Crippen molar-refractivity contribution < 1.29 is 4.74 Å². The minimum Gasteiger partial charge on any atom is -0.377 e. The van der Waals surface area contributed by atoms with Crippen molar-refractivity contribution in [3.63, 3.8) is 0 Å². The number of aromatic amines is 1. The molecule has 0 saturated heterocycles. The molecule has 4 nitrogen and oxygen atoms in total. The number of thioether (sulfide) groups is 1. The zero-order valence-electron chi connectivity index (χ0n) is 9.69. The molecule has 16 heavy (non-hydrogen) atoms. The van der Waals surface area contributed by atoms with Crippen molar-refractivity contribution in [3.8, 4) is 0 Å². The Bertz CT molecular complexity index is 291. The van der Waals surface area contributed by atoms with Crippen LogP contribution in [0.3, 0.4) is 0 Å². The molecule has 0 bridgehead atoms. The summed E-state index contributed by atoms with van der Waals surface area (Å²) in [7, 11) is 0. The quantitative estimate of drug-likeness (QED) is 0.635. The van der Waals surface area contributed by atoms with Crippen LogP contribution in [0.1, 0.15) is 32.6 Å². The molecule has 1 aliphatic rings. The smallest absolute Gasteiger partial charge is 0.138 e. The lowest BCUT2D eigenvalue weighted by molar-refractivity contribution is 0.00346. The Kier molecular flexibility index (Phi) is 4.66. The molecule has 1 saturated carbocycles. The van der Waals surface area contributed by atoms with Crippen molar-refractivity contribution in [2.75, 3.05) is 12.4 Å². The molecule has 1 aromatic heterocycles. The lowest BCUT2D eigenvalue weighted by atomic mass is 9.88. The zero-order chi connectivity index (χ0) is 11.2. The molecule has 2 atom stereocenters. The molecule has 1 aromatic rings. The predicted molar refractivity (Wildman–Crippen MR) is 64.5 cm³/mol. The SMILES string of the molecule is C[C@H]1CCCC[C@@H]1OCCSc1cn[nH]n1. The molecule has 1 fully saturated rings. The van der Waals surface area contributed by atoms with Crippen LogP contribution in [-0.2, 0) is 4.74 Å². The van der Waals surface area contributed by atoms with Crippen molar-refractivity contribution in [2.24, 2.45) is 5.92 Å². The van der Waals surface area contributed by atoms with Gasteiger partial charge in [-0.15, -0.1) is 16.9 Å². The molecule has 90 valence electrons. The second-order valence-electron chi connectivity index (χ2n) is 4.33. The summed E-state index contributed by atoms with van der Waals surface area (Å²) < 4.78 is 5.91. The summed E-state index contributed by atoms with van der Waals surface area (Å²) >= 11 is 1.69. The van der Waals surface area contributed by atoms with Crippen molar-refractivity contribution in [1.29, 1.82) is 0 Å². The van der Waals surface area contributed by atoms with E-state index in [1.54, 1.807) is 18.0 Å². The lowest BCUT2D eigenvalue weighted by Gasteiger charge is -2.28. The van der Waals surface area contributed by atoms with E-state index in [2.05, 4.69) is 22.3 Å². The third-order valence-electron chi connectivity index (χ3n) is 3.09. The van der Waals surface area contributed by atoms with Crippen LogP contribution in [-0.4, -0.2) is 33.9 Å². The minimum atomic E-state index is 0.478. The number of rotatable bonds is 5. The van der Waals surface area contributed by atoms with E-state index in [1.807, 2.05) is 0 Å². The summed E-state index contributed by atoms with van der Waals surface area (Å²) in [5.41, 5.74) is 0. The number of nitrogens with zero attached hydrogens (tertiary/aromatic N) is 2. The van der Waals surface area contributed by atoms with Crippen LogP contribution < -0.4 is 0 Å². The molecule has 1 heterocycles. The van der Waals surface area contributed by atoms with Crippen LogP contribution in [0.2, 0.25) is 0 Å². The second kappa shape index (κ2) is 6.25. The van der Waals surface area contributed by atoms with Gasteiger partial charge in [0.05, 0.1) is 18.9 Å². The summed E-state index contributed by atoms with van der Waals surface area (Å²) in [5.74, 6) is 1.68. The first-order valence-corrected chi connectivity index (χ1v) is 6.95. The van der Waals surface area contributed by atoms with E-state index in [4.69, 9.17) is 4.74 Å². The van der Waals surface area contributed by atoms with Gasteiger partial charge < -0.3 is 4.74 Å². The summed E-state index contributed by atoms with van der Waals surface area (Å²) in [6.07, 6.45) is 7.47. The molecule has 1 aliphatic carbocycles. The Balaban J connectivity index is 1.60. The zero-order valence-corrected chi connectivity index (χ0v) is 10.5. The maximum Gasteiger partial charge on any atom is 0.138 e. The number of ether oxygens (including phenoxy) is 1. The first-order chi connectivity index (χ1) is 7.86. The summed E-state index contributed by atoms with van der Waals surface area (Å²) in [6, 6.07) is 0. The highest BCUT2D eigenvalue weighted by Gasteiger charge is 2.21. The monoisotopic (exact) mass is 241 g/mol. The fraction of sp³-hybridized carbons (Fsp3) is 0.818. The van der Waals surface area contributed by atoms with Gasteiger partial charge in [0.1, 0.15) is 5.03 Å². The predicted octanol–water partition coefficient (Wildman–Crippen LogP) is 2.49. The van der Waals surface area contributed by atoms with Crippen LogP contribution >= 0.6 is 11.8 Å². The van der Waals surface area contributed by atoms with Gasteiger partial charge in [0.15, 0.2) is 0 Å². The van der Waals surface area contributed by atoms with Gasteiger partial charge in [0.25, 0.3) is 0 Å². The second-order valence-corrected chi connectivity index (χ2v) is 5.44. The van der Waals surface area contributed by atoms with Gasteiger partial charge in [-0.3, -0.25) is 0 Å². The standard InChI is InChI=1S/C11H19N3OS/c1-9-4-2-3-5-10(9)15-6-7-16-11-8-12-14-13-11/h8-10H,2-7H2,1H3,(H,12,13,14)/t9-,10-/m0/s1. The third-order valence-corrected chi connectivity index (χ3v) is 3.95. The minimum absolute atomic E-state index is 0.478. The molecule has 1 N–H and O–H groups in total. The van der Waals surface area contributed by atoms with E-state index in [0.29, 0.717) is 6.10 Å². The number of nitrogens with one attached hydrogen (secondary N) is 1. The number of aromatic nitrogens is 3. The molecule has 0 spiro atoms. The molecule has 0 aliphatic heterocycles. The Morgan fingerprint density at radius 1 is 1.50 bits per heavy atom. The van der Waals surface area contributed by atoms with E-state index >= 15 is 0 Å². The van der Waals surface area contributed by atoms with E-state index in [-0.39, 0.29) is 0 Å². The molecule has 5 heteroatoms. The molecule has 0 unspecified atom stereocenters. The van der Waals surface area contributed by atoms with Crippen LogP contribution in [0.5, 0.6) is 0 Å². The lowest BCUT2D eigenvalue weighted by Crippen LogP contribution is -2.26. The fourth-order valence-electron chi connectivity index (χ4n) is 2.14. The Hall–Kier alpha value is -0.550. The van der Waals surface area contributed by atoms with E-state index in [9.17, 15) is 0 Å². The highest BCUT2D eigenvalue weighted by atomic mass is 32.2. The molecule has 0 aromatic carbocycles.